The second-order valence-electron chi connectivity index (χ2n) is 2.66. The topological polar surface area (TPSA) is 50.1 Å². The molecule has 1 aromatic carbocycles. The van der Waals surface area contributed by atoms with Crippen LogP contribution in [0, 0.1) is 11.3 Å². The van der Waals surface area contributed by atoms with Gasteiger partial charge < -0.3 is 4.74 Å². The van der Waals surface area contributed by atoms with E-state index < -0.39 is 5.97 Å². The predicted molar refractivity (Wildman–Crippen MR) is 57.4 cm³/mol. The number of carbonyl (C=O) groups is 1. The van der Waals surface area contributed by atoms with Crippen molar-refractivity contribution in [1.29, 1.82) is 5.26 Å². The zero-order valence-corrected chi connectivity index (χ0v) is 8.78. The number of ether oxygens (including phenoxy) is 1. The first-order chi connectivity index (χ1) is 7.20. The highest BCUT2D eigenvalue weighted by molar-refractivity contribution is 6.32. The minimum absolute atomic E-state index is 0.344. The lowest BCUT2D eigenvalue weighted by atomic mass is 10.1. The van der Waals surface area contributed by atoms with Crippen LogP contribution in [0.1, 0.15) is 15.9 Å². The fraction of sp³-hybridized carbons (Fsp3) is 0.0909. The van der Waals surface area contributed by atoms with E-state index in [-0.39, 0.29) is 0 Å². The standard InChI is InChI=1S/C11H8ClNO2/c1-15-11(14)9-4-2-6-10(12)8(9)5-3-7-13/h2-6H,1H3/b5-3+. The van der Waals surface area contributed by atoms with Crippen LogP contribution in [0.3, 0.4) is 0 Å². The normalized spacial score (nSPS) is 9.93. The molecular formula is C11H8ClNO2. The van der Waals surface area contributed by atoms with Gasteiger partial charge >= 0.3 is 5.97 Å². The third-order valence-electron chi connectivity index (χ3n) is 1.78. The molecule has 0 fully saturated rings. The van der Waals surface area contributed by atoms with Gasteiger partial charge in [-0.05, 0) is 18.2 Å². The van der Waals surface area contributed by atoms with E-state index in [4.69, 9.17) is 16.9 Å². The average molecular weight is 222 g/mol. The summed E-state index contributed by atoms with van der Waals surface area (Å²) in [5, 5.41) is 8.82. The number of hydrogen-bond donors (Lipinski definition) is 0. The van der Waals surface area contributed by atoms with Crippen LogP contribution < -0.4 is 0 Å². The van der Waals surface area contributed by atoms with E-state index in [0.29, 0.717) is 16.1 Å². The van der Waals surface area contributed by atoms with Crippen LogP contribution in [0.4, 0.5) is 0 Å². The maximum atomic E-state index is 11.4. The van der Waals surface area contributed by atoms with Gasteiger partial charge in [0.25, 0.3) is 0 Å². The van der Waals surface area contributed by atoms with E-state index in [9.17, 15) is 4.79 Å². The van der Waals surface area contributed by atoms with Crippen molar-refractivity contribution in [2.24, 2.45) is 0 Å². The Labute approximate surface area is 92.5 Å². The molecule has 3 nitrogen and oxygen atoms in total. The number of hydrogen-bond acceptors (Lipinski definition) is 3. The van der Waals surface area contributed by atoms with E-state index in [2.05, 4.69) is 4.74 Å². The molecule has 0 aliphatic rings. The van der Waals surface area contributed by atoms with Crippen LogP contribution in [0.5, 0.6) is 0 Å². The molecule has 15 heavy (non-hydrogen) atoms. The Kier molecular flexibility index (Phi) is 3.90. The van der Waals surface area contributed by atoms with Gasteiger partial charge in [-0.2, -0.15) is 5.26 Å². The number of halogens is 1. The monoisotopic (exact) mass is 221 g/mol. The molecule has 0 saturated carbocycles. The van der Waals surface area contributed by atoms with Crippen LogP contribution >= 0.6 is 11.6 Å². The van der Waals surface area contributed by atoms with Crippen molar-refractivity contribution in [2.75, 3.05) is 7.11 Å². The molecule has 1 rings (SSSR count). The number of esters is 1. The van der Waals surface area contributed by atoms with Crippen molar-refractivity contribution in [3.63, 3.8) is 0 Å². The van der Waals surface area contributed by atoms with Gasteiger partial charge in [0.05, 0.1) is 18.7 Å². The van der Waals surface area contributed by atoms with E-state index in [1.165, 1.54) is 19.3 Å². The minimum Gasteiger partial charge on any atom is -0.465 e. The van der Waals surface area contributed by atoms with Crippen molar-refractivity contribution in [3.05, 3.63) is 40.4 Å². The fourth-order valence-corrected chi connectivity index (χ4v) is 1.35. The summed E-state index contributed by atoms with van der Waals surface area (Å²) in [5.74, 6) is -0.477. The van der Waals surface area contributed by atoms with Gasteiger partial charge in [-0.15, -0.1) is 0 Å². The summed E-state index contributed by atoms with van der Waals surface area (Å²) in [6, 6.07) is 6.72. The number of carbonyl (C=O) groups excluding carboxylic acids is 1. The lowest BCUT2D eigenvalue weighted by Gasteiger charge is -2.04. The zero-order chi connectivity index (χ0) is 11.3. The van der Waals surface area contributed by atoms with Gasteiger partial charge in [0.15, 0.2) is 0 Å². The molecule has 0 saturated heterocycles. The van der Waals surface area contributed by atoms with Crippen molar-refractivity contribution in [2.45, 2.75) is 0 Å². The van der Waals surface area contributed by atoms with Gasteiger partial charge in [-0.3, -0.25) is 0 Å². The molecule has 0 radical (unpaired) electrons. The summed E-state index contributed by atoms with van der Waals surface area (Å²) in [6.07, 6.45) is 2.74. The lowest BCUT2D eigenvalue weighted by molar-refractivity contribution is 0.0600. The predicted octanol–water partition coefficient (Wildman–Crippen LogP) is 2.66. The molecule has 4 heteroatoms. The number of nitriles is 1. The molecular weight excluding hydrogens is 214 g/mol. The SMILES string of the molecule is COC(=O)c1cccc(Cl)c1/C=C/C#N. The fourth-order valence-electron chi connectivity index (χ4n) is 1.11. The summed E-state index contributed by atoms with van der Waals surface area (Å²) in [6.45, 7) is 0. The summed E-state index contributed by atoms with van der Waals surface area (Å²) in [5.41, 5.74) is 0.837. The van der Waals surface area contributed by atoms with Gasteiger partial charge in [0, 0.05) is 16.7 Å². The summed E-state index contributed by atoms with van der Waals surface area (Å²) in [4.78, 5) is 11.4. The van der Waals surface area contributed by atoms with Crippen LogP contribution in [-0.4, -0.2) is 13.1 Å². The second kappa shape index (κ2) is 5.18. The highest BCUT2D eigenvalue weighted by Crippen LogP contribution is 2.22. The number of nitrogens with zero attached hydrogens (tertiary/aromatic N) is 1. The number of rotatable bonds is 2. The van der Waals surface area contributed by atoms with Crippen LogP contribution in [-0.2, 0) is 4.74 Å². The smallest absolute Gasteiger partial charge is 0.338 e. The van der Waals surface area contributed by atoms with Gasteiger partial charge in [-0.25, -0.2) is 4.79 Å². The van der Waals surface area contributed by atoms with Crippen molar-refractivity contribution >= 4 is 23.6 Å². The molecule has 0 N–H and O–H groups in total. The van der Waals surface area contributed by atoms with Crippen molar-refractivity contribution in [1.82, 2.24) is 0 Å². The molecule has 0 aromatic heterocycles. The zero-order valence-electron chi connectivity index (χ0n) is 8.03. The number of benzene rings is 1. The molecule has 0 aliphatic carbocycles. The van der Waals surface area contributed by atoms with E-state index in [1.54, 1.807) is 18.2 Å². The molecule has 76 valence electrons. The Morgan fingerprint density at radius 1 is 1.60 bits per heavy atom. The van der Waals surface area contributed by atoms with Crippen LogP contribution in [0.15, 0.2) is 24.3 Å². The maximum Gasteiger partial charge on any atom is 0.338 e. The maximum absolute atomic E-state index is 11.4. The molecule has 0 bridgehead atoms. The van der Waals surface area contributed by atoms with Crippen LogP contribution in [0.2, 0.25) is 5.02 Å². The molecule has 0 atom stereocenters. The van der Waals surface area contributed by atoms with E-state index in [0.717, 1.165) is 0 Å². The molecule has 1 aromatic rings. The first-order valence-electron chi connectivity index (χ1n) is 4.13. The van der Waals surface area contributed by atoms with Crippen molar-refractivity contribution < 1.29 is 9.53 Å². The number of methoxy groups -OCH3 is 1. The number of allylic oxidation sites excluding steroid dienone is 1. The highest BCUT2D eigenvalue weighted by atomic mass is 35.5. The summed E-state index contributed by atoms with van der Waals surface area (Å²) < 4.78 is 4.60. The Morgan fingerprint density at radius 3 is 2.93 bits per heavy atom. The largest absolute Gasteiger partial charge is 0.465 e. The van der Waals surface area contributed by atoms with E-state index in [1.807, 2.05) is 6.07 Å². The lowest BCUT2D eigenvalue weighted by Crippen LogP contribution is -2.03. The van der Waals surface area contributed by atoms with Crippen molar-refractivity contribution in [3.8, 4) is 6.07 Å². The Hall–Kier alpha value is -1.79. The quantitative estimate of drug-likeness (QED) is 0.570. The Morgan fingerprint density at radius 2 is 2.33 bits per heavy atom. The first-order valence-corrected chi connectivity index (χ1v) is 4.51. The van der Waals surface area contributed by atoms with E-state index >= 15 is 0 Å². The third kappa shape index (κ3) is 2.58. The molecule has 0 spiro atoms. The average Bonchev–Trinajstić information content (AvgIpc) is 2.26. The summed E-state index contributed by atoms with van der Waals surface area (Å²) >= 11 is 5.90. The molecule has 0 unspecified atom stereocenters. The minimum atomic E-state index is -0.477. The van der Waals surface area contributed by atoms with Gasteiger partial charge in [-0.1, -0.05) is 17.7 Å². The summed E-state index contributed by atoms with van der Waals surface area (Å²) in [7, 11) is 1.29. The van der Waals surface area contributed by atoms with Crippen LogP contribution in [0.25, 0.3) is 6.08 Å². The second-order valence-corrected chi connectivity index (χ2v) is 3.06. The third-order valence-corrected chi connectivity index (χ3v) is 2.11. The Balaban J connectivity index is 3.27. The molecule has 0 amide bonds. The Bertz CT molecular complexity index is 446. The highest BCUT2D eigenvalue weighted by Gasteiger charge is 2.11. The molecule has 0 heterocycles. The van der Waals surface area contributed by atoms with Gasteiger partial charge in [0.1, 0.15) is 0 Å². The molecule has 0 aliphatic heterocycles. The first kappa shape index (κ1) is 11.3. The van der Waals surface area contributed by atoms with Gasteiger partial charge in [0.2, 0.25) is 0 Å².